The first kappa shape index (κ1) is 21.5. The lowest BCUT2D eigenvalue weighted by atomic mass is 9.89. The third kappa shape index (κ3) is 3.17. The van der Waals surface area contributed by atoms with Gasteiger partial charge >= 0.3 is 0 Å². The molecule has 6 rings (SSSR count). The highest BCUT2D eigenvalue weighted by Crippen LogP contribution is 2.55. The number of carbonyl (C=O) groups excluding carboxylic acids is 4. The second kappa shape index (κ2) is 8.03. The number of ketones is 2. The van der Waals surface area contributed by atoms with Gasteiger partial charge in [0.2, 0.25) is 11.8 Å². The van der Waals surface area contributed by atoms with Crippen LogP contribution in [0.5, 0.6) is 0 Å². The Morgan fingerprint density at radius 2 is 1.40 bits per heavy atom. The maximum absolute atomic E-state index is 13.7. The number of para-hydroxylation sites is 1. The zero-order chi connectivity index (χ0) is 24.3. The van der Waals surface area contributed by atoms with Crippen molar-refractivity contribution in [3.8, 4) is 0 Å². The van der Waals surface area contributed by atoms with Crippen molar-refractivity contribution in [1.29, 1.82) is 0 Å². The zero-order valence-corrected chi connectivity index (χ0v) is 19.1. The summed E-state index contributed by atoms with van der Waals surface area (Å²) in [5, 5.41) is 0.523. The van der Waals surface area contributed by atoms with E-state index in [4.69, 9.17) is 11.6 Å². The van der Waals surface area contributed by atoms with Crippen molar-refractivity contribution in [3.63, 3.8) is 0 Å². The number of amides is 2. The number of nitrogens with zero attached hydrogens (tertiary/aromatic N) is 2. The molecule has 3 aliphatic rings. The molecule has 2 unspecified atom stereocenters. The van der Waals surface area contributed by atoms with Crippen molar-refractivity contribution < 1.29 is 19.2 Å². The molecular formula is C28H19ClN2O4. The summed E-state index contributed by atoms with van der Waals surface area (Å²) in [5.41, 5.74) is 2.17. The van der Waals surface area contributed by atoms with Crippen molar-refractivity contribution in [3.05, 3.63) is 113 Å². The van der Waals surface area contributed by atoms with Crippen molar-refractivity contribution in [1.82, 2.24) is 4.90 Å². The van der Waals surface area contributed by atoms with E-state index in [2.05, 4.69) is 0 Å². The Hall–Kier alpha value is -4.03. The highest BCUT2D eigenvalue weighted by Gasteiger charge is 2.66. The summed E-state index contributed by atoms with van der Waals surface area (Å²) in [6.07, 6.45) is 2.95. The number of carbonyl (C=O) groups is 4. The van der Waals surface area contributed by atoms with E-state index in [0.29, 0.717) is 27.4 Å². The van der Waals surface area contributed by atoms with E-state index in [0.717, 1.165) is 0 Å². The fraction of sp³-hybridized carbons (Fsp3) is 0.143. The molecule has 3 aromatic rings. The Morgan fingerprint density at radius 3 is 2.11 bits per heavy atom. The van der Waals surface area contributed by atoms with Crippen molar-refractivity contribution in [2.24, 2.45) is 11.8 Å². The number of rotatable bonds is 4. The van der Waals surface area contributed by atoms with Gasteiger partial charge in [-0.25, -0.2) is 4.90 Å². The fourth-order valence-electron chi connectivity index (χ4n) is 5.59. The number of Topliss-reactive ketones (excluding diaryl/α,β-unsaturated/α-hetero) is 1. The van der Waals surface area contributed by atoms with E-state index in [1.54, 1.807) is 71.8 Å². The highest BCUT2D eigenvalue weighted by atomic mass is 35.5. The van der Waals surface area contributed by atoms with E-state index in [1.165, 1.54) is 11.0 Å². The topological polar surface area (TPSA) is 74.8 Å². The van der Waals surface area contributed by atoms with Crippen LogP contribution in [0.15, 0.2) is 91.1 Å². The summed E-state index contributed by atoms with van der Waals surface area (Å²) in [6, 6.07) is 21.0. The van der Waals surface area contributed by atoms with Gasteiger partial charge in [-0.1, -0.05) is 54.1 Å². The number of hydrogen-bond acceptors (Lipinski definition) is 5. The van der Waals surface area contributed by atoms with Crippen LogP contribution < -0.4 is 4.90 Å². The second-order valence-electron chi connectivity index (χ2n) is 8.87. The van der Waals surface area contributed by atoms with Gasteiger partial charge < -0.3 is 4.90 Å². The van der Waals surface area contributed by atoms with Gasteiger partial charge in [0.25, 0.3) is 0 Å². The van der Waals surface area contributed by atoms with Crippen LogP contribution in [0.2, 0.25) is 5.02 Å². The average molecular weight is 483 g/mol. The SMILES string of the molecule is O=C(/C=C/N1C2C(=O)c3ccccc3C1[C@@H]1C(=O)N(c3ccccc3)C(=O)[C@H]21)c1ccc(Cl)cc1. The normalized spacial score (nSPS) is 24.8. The first-order valence-corrected chi connectivity index (χ1v) is 11.7. The van der Waals surface area contributed by atoms with Gasteiger partial charge in [0.05, 0.1) is 23.6 Å². The average Bonchev–Trinajstić information content (AvgIpc) is 3.30. The Bertz CT molecular complexity index is 1420. The molecule has 2 saturated heterocycles. The second-order valence-corrected chi connectivity index (χ2v) is 9.31. The van der Waals surface area contributed by atoms with Gasteiger partial charge in [-0.15, -0.1) is 0 Å². The molecule has 0 aromatic heterocycles. The molecule has 0 radical (unpaired) electrons. The van der Waals surface area contributed by atoms with Gasteiger partial charge in [-0.05, 0) is 42.0 Å². The summed E-state index contributed by atoms with van der Waals surface area (Å²) in [5.74, 6) is -2.75. The predicted molar refractivity (Wildman–Crippen MR) is 130 cm³/mol. The maximum Gasteiger partial charge on any atom is 0.240 e. The van der Waals surface area contributed by atoms with Crippen LogP contribution in [0, 0.1) is 11.8 Å². The van der Waals surface area contributed by atoms with Gasteiger partial charge in [0.1, 0.15) is 6.04 Å². The third-order valence-electron chi connectivity index (χ3n) is 7.08. The molecule has 0 saturated carbocycles. The minimum absolute atomic E-state index is 0.219. The summed E-state index contributed by atoms with van der Waals surface area (Å²) < 4.78 is 0. The molecule has 3 heterocycles. The molecule has 6 nitrogen and oxygen atoms in total. The molecule has 2 bridgehead atoms. The van der Waals surface area contributed by atoms with Crippen LogP contribution >= 0.6 is 11.6 Å². The van der Waals surface area contributed by atoms with Crippen LogP contribution in [0.3, 0.4) is 0 Å². The smallest absolute Gasteiger partial charge is 0.240 e. The van der Waals surface area contributed by atoms with Gasteiger partial charge in [0, 0.05) is 28.4 Å². The van der Waals surface area contributed by atoms with Gasteiger partial charge in [-0.3, -0.25) is 19.2 Å². The van der Waals surface area contributed by atoms with Crippen molar-refractivity contribution in [2.75, 3.05) is 4.90 Å². The summed E-state index contributed by atoms with van der Waals surface area (Å²) in [6.45, 7) is 0. The van der Waals surface area contributed by atoms with Crippen LogP contribution in [0.4, 0.5) is 5.69 Å². The van der Waals surface area contributed by atoms with Crippen molar-refractivity contribution in [2.45, 2.75) is 12.1 Å². The number of hydrogen-bond donors (Lipinski definition) is 0. The van der Waals surface area contributed by atoms with Crippen LogP contribution in [-0.4, -0.2) is 34.3 Å². The lowest BCUT2D eigenvalue weighted by Gasteiger charge is -2.37. The molecular weight excluding hydrogens is 464 g/mol. The minimum Gasteiger partial charge on any atom is -0.358 e. The van der Waals surface area contributed by atoms with E-state index in [-0.39, 0.29) is 23.4 Å². The Labute approximate surface area is 206 Å². The summed E-state index contributed by atoms with van der Waals surface area (Å²) in [4.78, 5) is 56.6. The molecule has 2 fully saturated rings. The molecule has 0 N–H and O–H groups in total. The monoisotopic (exact) mass is 482 g/mol. The number of benzene rings is 3. The Balaban J connectivity index is 1.42. The lowest BCUT2D eigenvalue weighted by molar-refractivity contribution is -0.123. The lowest BCUT2D eigenvalue weighted by Crippen LogP contribution is -2.46. The Kier molecular flexibility index (Phi) is 4.93. The standard InChI is InChI=1S/C28H19ClN2O4/c29-17-12-10-16(11-13-17)21(32)14-15-30-24-19-8-4-5-9-20(19)26(33)25(30)23-22(24)27(34)31(28(23)35)18-6-2-1-3-7-18/h1-15,22-25H/b15-14+/t22-,23+,24?,25?/m1/s1. The van der Waals surface area contributed by atoms with Crippen molar-refractivity contribution >= 4 is 40.7 Å². The molecule has 3 aliphatic heterocycles. The molecule has 172 valence electrons. The first-order valence-electron chi connectivity index (χ1n) is 11.3. The van der Waals surface area contributed by atoms with Gasteiger partial charge in [-0.2, -0.15) is 0 Å². The highest BCUT2D eigenvalue weighted by molar-refractivity contribution is 6.30. The number of allylic oxidation sites excluding steroid dienone is 1. The number of halogens is 1. The zero-order valence-electron chi connectivity index (χ0n) is 18.4. The maximum atomic E-state index is 13.7. The molecule has 4 atom stereocenters. The quantitative estimate of drug-likeness (QED) is 0.312. The summed E-state index contributed by atoms with van der Waals surface area (Å²) in [7, 11) is 0. The number of anilines is 1. The van der Waals surface area contributed by atoms with E-state index >= 15 is 0 Å². The van der Waals surface area contributed by atoms with E-state index in [9.17, 15) is 19.2 Å². The van der Waals surface area contributed by atoms with Crippen LogP contribution in [-0.2, 0) is 9.59 Å². The van der Waals surface area contributed by atoms with E-state index in [1.807, 2.05) is 18.2 Å². The molecule has 2 amide bonds. The molecule has 0 spiro atoms. The minimum atomic E-state index is -0.862. The first-order chi connectivity index (χ1) is 17.0. The largest absolute Gasteiger partial charge is 0.358 e. The third-order valence-corrected chi connectivity index (χ3v) is 7.33. The molecule has 7 heteroatoms. The molecule has 3 aromatic carbocycles. The molecule has 0 aliphatic carbocycles. The Morgan fingerprint density at radius 1 is 0.771 bits per heavy atom. The number of imide groups is 1. The van der Waals surface area contributed by atoms with Crippen LogP contribution in [0.1, 0.15) is 32.3 Å². The molecule has 35 heavy (non-hydrogen) atoms. The van der Waals surface area contributed by atoms with Crippen LogP contribution in [0.25, 0.3) is 0 Å². The fourth-order valence-corrected chi connectivity index (χ4v) is 5.72. The summed E-state index contributed by atoms with van der Waals surface area (Å²) >= 11 is 5.92. The van der Waals surface area contributed by atoms with E-state index < -0.39 is 23.9 Å². The predicted octanol–water partition coefficient (Wildman–Crippen LogP) is 4.46. The number of fused-ring (bicyclic) bond motifs is 7. The van der Waals surface area contributed by atoms with Gasteiger partial charge in [0.15, 0.2) is 11.6 Å².